The van der Waals surface area contributed by atoms with Gasteiger partial charge in [0.15, 0.2) is 0 Å². The fraction of sp³-hybridized carbons (Fsp3) is 0.412. The molecule has 0 aliphatic carbocycles. The SMILES string of the molecule is CCCNC(c1ccc(-c2cccc(Cl)c2F)s1)C(C)C. The maximum Gasteiger partial charge on any atom is 0.150 e. The molecule has 0 fully saturated rings. The summed E-state index contributed by atoms with van der Waals surface area (Å²) in [5, 5.41) is 3.74. The molecule has 114 valence electrons. The van der Waals surface area contributed by atoms with Crippen molar-refractivity contribution in [1.82, 2.24) is 5.32 Å². The van der Waals surface area contributed by atoms with E-state index in [-0.39, 0.29) is 10.8 Å². The van der Waals surface area contributed by atoms with Crippen LogP contribution < -0.4 is 5.32 Å². The van der Waals surface area contributed by atoms with Crippen molar-refractivity contribution < 1.29 is 4.39 Å². The zero-order valence-electron chi connectivity index (χ0n) is 12.6. The molecular weight excluding hydrogens is 305 g/mol. The standard InChI is InChI=1S/C17H21ClFNS/c1-4-10-20-17(11(2)3)15-9-8-14(21-15)12-6-5-7-13(18)16(12)19/h5-9,11,17,20H,4,10H2,1-3H3. The molecule has 1 unspecified atom stereocenters. The van der Waals surface area contributed by atoms with E-state index in [4.69, 9.17) is 11.6 Å². The normalized spacial score (nSPS) is 12.9. The molecule has 0 aliphatic heterocycles. The van der Waals surface area contributed by atoms with Crippen molar-refractivity contribution in [2.45, 2.75) is 33.2 Å². The van der Waals surface area contributed by atoms with Crippen molar-refractivity contribution >= 4 is 22.9 Å². The molecule has 1 heterocycles. The van der Waals surface area contributed by atoms with Crippen molar-refractivity contribution in [2.75, 3.05) is 6.54 Å². The number of hydrogen-bond donors (Lipinski definition) is 1. The lowest BCUT2D eigenvalue weighted by atomic mass is 10.0. The van der Waals surface area contributed by atoms with E-state index in [9.17, 15) is 4.39 Å². The lowest BCUT2D eigenvalue weighted by Gasteiger charge is -2.20. The average molecular weight is 326 g/mol. The Balaban J connectivity index is 2.29. The lowest BCUT2D eigenvalue weighted by molar-refractivity contribution is 0.418. The molecular formula is C17H21ClFNS. The Bertz CT molecular complexity index is 594. The maximum absolute atomic E-state index is 14.1. The van der Waals surface area contributed by atoms with Crippen LogP contribution in [0.1, 0.15) is 38.1 Å². The maximum atomic E-state index is 14.1. The van der Waals surface area contributed by atoms with E-state index in [2.05, 4.69) is 32.2 Å². The van der Waals surface area contributed by atoms with Crippen LogP contribution in [0.15, 0.2) is 30.3 Å². The predicted molar refractivity (Wildman–Crippen MR) is 90.6 cm³/mol. The molecule has 21 heavy (non-hydrogen) atoms. The third kappa shape index (κ3) is 3.85. The predicted octanol–water partition coefficient (Wildman–Crippen LogP) is 5.90. The molecule has 0 amide bonds. The minimum atomic E-state index is -0.338. The van der Waals surface area contributed by atoms with Crippen molar-refractivity contribution in [3.63, 3.8) is 0 Å². The zero-order chi connectivity index (χ0) is 15.4. The Labute approximate surface area is 135 Å². The molecule has 1 aromatic heterocycles. The first-order chi connectivity index (χ1) is 10.0. The summed E-state index contributed by atoms with van der Waals surface area (Å²) < 4.78 is 14.1. The zero-order valence-corrected chi connectivity index (χ0v) is 14.2. The summed E-state index contributed by atoms with van der Waals surface area (Å²) in [7, 11) is 0. The second-order valence-corrected chi connectivity index (χ2v) is 7.00. The highest BCUT2D eigenvalue weighted by molar-refractivity contribution is 7.15. The van der Waals surface area contributed by atoms with E-state index in [1.54, 1.807) is 29.5 Å². The summed E-state index contributed by atoms with van der Waals surface area (Å²) in [6.07, 6.45) is 1.10. The Morgan fingerprint density at radius 1 is 1.24 bits per heavy atom. The molecule has 0 saturated heterocycles. The third-order valence-corrected chi connectivity index (χ3v) is 4.92. The summed E-state index contributed by atoms with van der Waals surface area (Å²) in [6.45, 7) is 7.55. The summed E-state index contributed by atoms with van der Waals surface area (Å²) in [5.41, 5.74) is 0.580. The van der Waals surface area contributed by atoms with Crippen molar-refractivity contribution in [3.05, 3.63) is 46.0 Å². The van der Waals surface area contributed by atoms with Gasteiger partial charge >= 0.3 is 0 Å². The van der Waals surface area contributed by atoms with Crippen molar-refractivity contribution in [1.29, 1.82) is 0 Å². The van der Waals surface area contributed by atoms with Crippen LogP contribution in [0.3, 0.4) is 0 Å². The van der Waals surface area contributed by atoms with Gasteiger partial charge in [0.05, 0.1) is 5.02 Å². The van der Waals surface area contributed by atoms with Gasteiger partial charge in [-0.05, 0) is 37.1 Å². The fourth-order valence-corrected chi connectivity index (χ4v) is 3.77. The highest BCUT2D eigenvalue weighted by Gasteiger charge is 2.18. The second-order valence-electron chi connectivity index (χ2n) is 5.48. The van der Waals surface area contributed by atoms with Crippen LogP contribution in [0.4, 0.5) is 4.39 Å². The van der Waals surface area contributed by atoms with E-state index in [0.29, 0.717) is 17.5 Å². The Kier molecular flexibility index (Phi) is 5.80. The smallest absolute Gasteiger partial charge is 0.150 e. The summed E-state index contributed by atoms with van der Waals surface area (Å²) in [6, 6.07) is 9.53. The van der Waals surface area contributed by atoms with Crippen molar-refractivity contribution in [3.8, 4) is 10.4 Å². The number of benzene rings is 1. The summed E-state index contributed by atoms with van der Waals surface area (Å²) >= 11 is 7.50. The number of rotatable bonds is 6. The van der Waals surface area contributed by atoms with Crippen LogP contribution in [-0.2, 0) is 0 Å². The van der Waals surface area contributed by atoms with Crippen LogP contribution >= 0.6 is 22.9 Å². The Morgan fingerprint density at radius 3 is 2.67 bits per heavy atom. The second kappa shape index (κ2) is 7.39. The fourth-order valence-electron chi connectivity index (χ4n) is 2.32. The van der Waals surface area contributed by atoms with Gasteiger partial charge in [-0.3, -0.25) is 0 Å². The van der Waals surface area contributed by atoms with E-state index in [0.717, 1.165) is 17.8 Å². The minimum absolute atomic E-state index is 0.173. The molecule has 1 aromatic carbocycles. The van der Waals surface area contributed by atoms with Crippen LogP contribution in [0.25, 0.3) is 10.4 Å². The average Bonchev–Trinajstić information content (AvgIpc) is 2.91. The van der Waals surface area contributed by atoms with E-state index in [1.165, 1.54) is 4.88 Å². The number of hydrogen-bond acceptors (Lipinski definition) is 2. The number of thiophene rings is 1. The van der Waals surface area contributed by atoms with Gasteiger partial charge < -0.3 is 5.32 Å². The molecule has 0 radical (unpaired) electrons. The topological polar surface area (TPSA) is 12.0 Å². The van der Waals surface area contributed by atoms with E-state index < -0.39 is 0 Å². The number of nitrogens with one attached hydrogen (secondary N) is 1. The Hall–Kier alpha value is -0.900. The van der Waals surface area contributed by atoms with Crippen LogP contribution in [0, 0.1) is 11.7 Å². The molecule has 0 aliphatic rings. The molecule has 0 spiro atoms. The molecule has 2 rings (SSSR count). The molecule has 1 nitrogen and oxygen atoms in total. The van der Waals surface area contributed by atoms with Gasteiger partial charge in [0.2, 0.25) is 0 Å². The van der Waals surface area contributed by atoms with E-state index in [1.807, 2.05) is 6.07 Å². The highest BCUT2D eigenvalue weighted by atomic mass is 35.5. The molecule has 0 saturated carbocycles. The van der Waals surface area contributed by atoms with Crippen molar-refractivity contribution in [2.24, 2.45) is 5.92 Å². The lowest BCUT2D eigenvalue weighted by Crippen LogP contribution is -2.25. The van der Waals surface area contributed by atoms with Gasteiger partial charge in [0, 0.05) is 21.4 Å². The van der Waals surface area contributed by atoms with Crippen LogP contribution in [0.5, 0.6) is 0 Å². The highest BCUT2D eigenvalue weighted by Crippen LogP contribution is 2.36. The van der Waals surface area contributed by atoms with Gasteiger partial charge in [-0.2, -0.15) is 0 Å². The van der Waals surface area contributed by atoms with Gasteiger partial charge in [0.1, 0.15) is 5.82 Å². The van der Waals surface area contributed by atoms with Gasteiger partial charge in [0.25, 0.3) is 0 Å². The molecule has 0 bridgehead atoms. The summed E-state index contributed by atoms with van der Waals surface area (Å²) in [5.74, 6) is 0.155. The van der Waals surface area contributed by atoms with Gasteiger partial charge in [-0.25, -0.2) is 4.39 Å². The molecule has 2 aromatic rings. The summed E-state index contributed by atoms with van der Waals surface area (Å²) in [4.78, 5) is 2.17. The van der Waals surface area contributed by atoms with Gasteiger partial charge in [-0.1, -0.05) is 44.5 Å². The molecule has 1 atom stereocenters. The first kappa shape index (κ1) is 16.5. The quantitative estimate of drug-likeness (QED) is 0.696. The van der Waals surface area contributed by atoms with E-state index >= 15 is 0 Å². The number of halogens is 2. The van der Waals surface area contributed by atoms with Crippen LogP contribution in [0.2, 0.25) is 5.02 Å². The first-order valence-corrected chi connectivity index (χ1v) is 8.51. The minimum Gasteiger partial charge on any atom is -0.309 e. The molecule has 4 heteroatoms. The molecule has 1 N–H and O–H groups in total. The first-order valence-electron chi connectivity index (χ1n) is 7.32. The van der Waals surface area contributed by atoms with Gasteiger partial charge in [-0.15, -0.1) is 11.3 Å². The third-order valence-electron chi connectivity index (χ3n) is 3.43. The Morgan fingerprint density at radius 2 is 2.00 bits per heavy atom. The largest absolute Gasteiger partial charge is 0.309 e. The van der Waals surface area contributed by atoms with Crippen LogP contribution in [-0.4, -0.2) is 6.54 Å². The monoisotopic (exact) mass is 325 g/mol.